The molecule has 4 heteroatoms. The molecule has 17 heavy (non-hydrogen) atoms. The Morgan fingerprint density at radius 2 is 2.35 bits per heavy atom. The van der Waals surface area contributed by atoms with Crippen LogP contribution in [-0.2, 0) is 6.42 Å². The zero-order valence-corrected chi connectivity index (χ0v) is 10.3. The van der Waals surface area contributed by atoms with Gasteiger partial charge in [-0.05, 0) is 26.0 Å². The third-order valence-corrected chi connectivity index (χ3v) is 2.92. The molecule has 0 spiro atoms. The van der Waals surface area contributed by atoms with Crippen molar-refractivity contribution in [2.75, 3.05) is 13.2 Å². The maximum Gasteiger partial charge on any atom is 0.124 e. The van der Waals surface area contributed by atoms with Crippen LogP contribution in [0.1, 0.15) is 31.0 Å². The molecule has 0 amide bonds. The zero-order valence-electron chi connectivity index (χ0n) is 10.3. The average molecular weight is 237 g/mol. The molecule has 94 valence electrons. The Balaban J connectivity index is 2.39. The predicted octanol–water partition coefficient (Wildman–Crippen LogP) is 1.40. The number of hydrogen-bond acceptors (Lipinski definition) is 4. The van der Waals surface area contributed by atoms with Crippen molar-refractivity contribution in [1.29, 1.82) is 0 Å². The number of hydrogen-bond donors (Lipinski definition) is 2. The number of aliphatic hydroxyl groups excluding tert-OH is 1. The smallest absolute Gasteiger partial charge is 0.124 e. The molecule has 1 aliphatic rings. The van der Waals surface area contributed by atoms with E-state index in [2.05, 4.69) is 0 Å². The standard InChI is InChI=1S/C13H19NO3/c1-3-16-13-5-9-4-8(2)17-12(9)6-10(13)11(14)7-15/h5-6,8,11,15H,3-4,7,14H2,1-2H3/t8?,11-/m0/s1. The minimum absolute atomic E-state index is 0.103. The first kappa shape index (κ1) is 12.2. The maximum absolute atomic E-state index is 9.16. The van der Waals surface area contributed by atoms with E-state index in [9.17, 15) is 0 Å². The summed E-state index contributed by atoms with van der Waals surface area (Å²) in [5.41, 5.74) is 7.82. The fourth-order valence-corrected chi connectivity index (χ4v) is 2.12. The van der Waals surface area contributed by atoms with Crippen LogP contribution in [0.25, 0.3) is 0 Å². The Bertz CT molecular complexity index is 406. The summed E-state index contributed by atoms with van der Waals surface area (Å²) < 4.78 is 11.3. The molecule has 0 bridgehead atoms. The molecule has 0 aromatic heterocycles. The van der Waals surface area contributed by atoms with Crippen LogP contribution < -0.4 is 15.2 Å². The molecular formula is C13H19NO3. The highest BCUT2D eigenvalue weighted by Gasteiger charge is 2.23. The van der Waals surface area contributed by atoms with Crippen molar-refractivity contribution in [2.24, 2.45) is 5.73 Å². The van der Waals surface area contributed by atoms with Gasteiger partial charge in [-0.1, -0.05) is 0 Å². The molecule has 0 saturated heterocycles. The van der Waals surface area contributed by atoms with Crippen LogP contribution in [0, 0.1) is 0 Å². The van der Waals surface area contributed by atoms with Crippen LogP contribution in [0.5, 0.6) is 11.5 Å². The average Bonchev–Trinajstić information content (AvgIpc) is 2.66. The van der Waals surface area contributed by atoms with Crippen molar-refractivity contribution in [2.45, 2.75) is 32.4 Å². The lowest BCUT2D eigenvalue weighted by molar-refractivity contribution is 0.251. The summed E-state index contributed by atoms with van der Waals surface area (Å²) in [7, 11) is 0. The molecule has 1 unspecified atom stereocenters. The van der Waals surface area contributed by atoms with Gasteiger partial charge in [0.2, 0.25) is 0 Å². The highest BCUT2D eigenvalue weighted by Crippen LogP contribution is 2.37. The van der Waals surface area contributed by atoms with Gasteiger partial charge >= 0.3 is 0 Å². The van der Waals surface area contributed by atoms with E-state index in [-0.39, 0.29) is 12.7 Å². The zero-order chi connectivity index (χ0) is 12.4. The quantitative estimate of drug-likeness (QED) is 0.830. The van der Waals surface area contributed by atoms with E-state index in [1.807, 2.05) is 26.0 Å². The molecule has 3 N–H and O–H groups in total. The van der Waals surface area contributed by atoms with E-state index in [1.165, 1.54) is 0 Å². The Kier molecular flexibility index (Phi) is 3.54. The minimum Gasteiger partial charge on any atom is -0.494 e. The van der Waals surface area contributed by atoms with Gasteiger partial charge in [-0.25, -0.2) is 0 Å². The minimum atomic E-state index is -0.429. The summed E-state index contributed by atoms with van der Waals surface area (Å²) >= 11 is 0. The van der Waals surface area contributed by atoms with Crippen molar-refractivity contribution in [3.63, 3.8) is 0 Å². The van der Waals surface area contributed by atoms with Crippen LogP contribution in [0.15, 0.2) is 12.1 Å². The van der Waals surface area contributed by atoms with Gasteiger partial charge in [0.15, 0.2) is 0 Å². The first-order valence-corrected chi connectivity index (χ1v) is 5.98. The van der Waals surface area contributed by atoms with Gasteiger partial charge in [0, 0.05) is 17.5 Å². The van der Waals surface area contributed by atoms with Crippen molar-refractivity contribution in [3.05, 3.63) is 23.3 Å². The van der Waals surface area contributed by atoms with E-state index in [0.717, 1.165) is 29.0 Å². The monoisotopic (exact) mass is 237 g/mol. The van der Waals surface area contributed by atoms with Crippen LogP contribution >= 0.6 is 0 Å². The molecule has 1 heterocycles. The first-order valence-electron chi connectivity index (χ1n) is 5.98. The van der Waals surface area contributed by atoms with Crippen LogP contribution in [0.4, 0.5) is 0 Å². The molecule has 0 radical (unpaired) electrons. The first-order chi connectivity index (χ1) is 8.15. The van der Waals surface area contributed by atoms with E-state index < -0.39 is 6.04 Å². The van der Waals surface area contributed by atoms with Crippen molar-refractivity contribution in [3.8, 4) is 11.5 Å². The van der Waals surface area contributed by atoms with Crippen LogP contribution in [0.2, 0.25) is 0 Å². The second kappa shape index (κ2) is 4.94. The molecule has 0 saturated carbocycles. The summed E-state index contributed by atoms with van der Waals surface area (Å²) in [6, 6.07) is 3.44. The summed E-state index contributed by atoms with van der Waals surface area (Å²) in [6.45, 7) is 4.45. The maximum atomic E-state index is 9.16. The number of nitrogens with two attached hydrogens (primary N) is 1. The molecule has 0 fully saturated rings. The lowest BCUT2D eigenvalue weighted by Gasteiger charge is -2.16. The molecular weight excluding hydrogens is 218 g/mol. The van der Waals surface area contributed by atoms with Gasteiger partial charge in [0.1, 0.15) is 17.6 Å². The molecule has 2 rings (SSSR count). The number of aliphatic hydroxyl groups is 1. The molecule has 1 aromatic carbocycles. The summed E-state index contributed by atoms with van der Waals surface area (Å²) in [4.78, 5) is 0. The van der Waals surface area contributed by atoms with Gasteiger partial charge < -0.3 is 20.3 Å². The second-order valence-corrected chi connectivity index (χ2v) is 4.35. The summed E-state index contributed by atoms with van der Waals surface area (Å²) in [6.07, 6.45) is 1.09. The second-order valence-electron chi connectivity index (χ2n) is 4.35. The van der Waals surface area contributed by atoms with Gasteiger partial charge in [0.25, 0.3) is 0 Å². The lowest BCUT2D eigenvalue weighted by atomic mass is 10.0. The lowest BCUT2D eigenvalue weighted by Crippen LogP contribution is -2.16. The molecule has 4 nitrogen and oxygen atoms in total. The summed E-state index contributed by atoms with van der Waals surface area (Å²) in [5, 5.41) is 9.16. The van der Waals surface area contributed by atoms with Crippen LogP contribution in [-0.4, -0.2) is 24.4 Å². The Morgan fingerprint density at radius 3 is 3.00 bits per heavy atom. The Morgan fingerprint density at radius 1 is 1.59 bits per heavy atom. The molecule has 1 aromatic rings. The van der Waals surface area contributed by atoms with Gasteiger partial charge in [-0.2, -0.15) is 0 Å². The van der Waals surface area contributed by atoms with E-state index in [0.29, 0.717) is 6.61 Å². The van der Waals surface area contributed by atoms with E-state index in [1.54, 1.807) is 0 Å². The normalized spacial score (nSPS) is 19.6. The summed E-state index contributed by atoms with van der Waals surface area (Å²) in [5.74, 6) is 1.62. The highest BCUT2D eigenvalue weighted by molar-refractivity contribution is 5.49. The number of benzene rings is 1. The van der Waals surface area contributed by atoms with Crippen LogP contribution in [0.3, 0.4) is 0 Å². The van der Waals surface area contributed by atoms with Crippen molar-refractivity contribution >= 4 is 0 Å². The van der Waals surface area contributed by atoms with Crippen molar-refractivity contribution in [1.82, 2.24) is 0 Å². The Labute approximate surface area is 101 Å². The fraction of sp³-hybridized carbons (Fsp3) is 0.538. The van der Waals surface area contributed by atoms with Crippen molar-refractivity contribution < 1.29 is 14.6 Å². The third-order valence-electron chi connectivity index (χ3n) is 2.92. The Hall–Kier alpha value is -1.26. The third kappa shape index (κ3) is 2.37. The number of fused-ring (bicyclic) bond motifs is 1. The van der Waals surface area contributed by atoms with Gasteiger partial charge in [-0.3, -0.25) is 0 Å². The molecule has 2 atom stereocenters. The SMILES string of the molecule is CCOc1cc2c(cc1[C@@H](N)CO)OC(C)C2. The molecule has 0 aliphatic carbocycles. The number of ether oxygens (including phenoxy) is 2. The van der Waals surface area contributed by atoms with Gasteiger partial charge in [-0.15, -0.1) is 0 Å². The van der Waals surface area contributed by atoms with E-state index in [4.69, 9.17) is 20.3 Å². The fourth-order valence-electron chi connectivity index (χ4n) is 2.12. The topological polar surface area (TPSA) is 64.7 Å². The van der Waals surface area contributed by atoms with Gasteiger partial charge in [0.05, 0.1) is 19.3 Å². The number of rotatable bonds is 4. The predicted molar refractivity (Wildman–Crippen MR) is 65.4 cm³/mol. The largest absolute Gasteiger partial charge is 0.494 e. The molecule has 1 aliphatic heterocycles. The highest BCUT2D eigenvalue weighted by atomic mass is 16.5. The van der Waals surface area contributed by atoms with E-state index >= 15 is 0 Å².